The van der Waals surface area contributed by atoms with Gasteiger partial charge in [0.25, 0.3) is 0 Å². The Bertz CT molecular complexity index is 1090. The molecule has 30 heavy (non-hydrogen) atoms. The molecule has 0 aliphatic carbocycles. The third kappa shape index (κ3) is 4.95. The van der Waals surface area contributed by atoms with Crippen LogP contribution >= 0.6 is 0 Å². The summed E-state index contributed by atoms with van der Waals surface area (Å²) in [6.45, 7) is 0.785. The van der Waals surface area contributed by atoms with Crippen LogP contribution in [-0.2, 0) is 0 Å². The van der Waals surface area contributed by atoms with Crippen LogP contribution in [-0.4, -0.2) is 23.6 Å². The third-order valence-electron chi connectivity index (χ3n) is 4.74. The van der Waals surface area contributed by atoms with Crippen molar-refractivity contribution in [3.8, 4) is 16.9 Å². The second-order valence-electron chi connectivity index (χ2n) is 6.95. The van der Waals surface area contributed by atoms with E-state index in [1.165, 1.54) is 12.1 Å². The summed E-state index contributed by atoms with van der Waals surface area (Å²) in [5, 5.41) is 0. The minimum atomic E-state index is -4.71. The van der Waals surface area contributed by atoms with Gasteiger partial charge in [-0.3, -0.25) is 9.98 Å². The summed E-state index contributed by atoms with van der Waals surface area (Å²) in [5.74, 6) is -0.234. The van der Waals surface area contributed by atoms with E-state index in [0.717, 1.165) is 47.4 Å². The number of rotatable bonds is 4. The van der Waals surface area contributed by atoms with Gasteiger partial charge in [0.1, 0.15) is 5.75 Å². The van der Waals surface area contributed by atoms with Gasteiger partial charge in [0.2, 0.25) is 0 Å². The normalized spacial score (nSPS) is 15.7. The number of allylic oxidation sites excluding steroid dienone is 1. The summed E-state index contributed by atoms with van der Waals surface area (Å²) in [6, 6.07) is 17.6. The monoisotopic (exact) mass is 408 g/mol. The molecule has 1 aliphatic heterocycles. The number of hydrogen-bond acceptors (Lipinski definition) is 3. The van der Waals surface area contributed by atoms with Gasteiger partial charge in [-0.1, -0.05) is 30.3 Å². The average molecular weight is 408 g/mol. The predicted molar refractivity (Wildman–Crippen MR) is 111 cm³/mol. The first-order chi connectivity index (χ1) is 14.5. The second-order valence-corrected chi connectivity index (χ2v) is 6.95. The highest BCUT2D eigenvalue weighted by atomic mass is 19.4. The zero-order valence-electron chi connectivity index (χ0n) is 16.1. The van der Waals surface area contributed by atoms with Gasteiger partial charge in [0.15, 0.2) is 0 Å². The minimum Gasteiger partial charge on any atom is -0.406 e. The molecule has 0 N–H and O–H groups in total. The van der Waals surface area contributed by atoms with Crippen LogP contribution in [0.25, 0.3) is 17.2 Å². The van der Waals surface area contributed by atoms with Crippen molar-refractivity contribution in [2.45, 2.75) is 19.2 Å². The molecule has 0 saturated carbocycles. The van der Waals surface area contributed by atoms with Crippen LogP contribution in [0.5, 0.6) is 5.75 Å². The number of ether oxygens (including phenoxy) is 1. The van der Waals surface area contributed by atoms with E-state index in [1.54, 1.807) is 24.5 Å². The molecular formula is C24H19F3N2O. The summed E-state index contributed by atoms with van der Waals surface area (Å²) in [4.78, 5) is 8.88. The Morgan fingerprint density at radius 3 is 2.43 bits per heavy atom. The standard InChI is InChI=1S/C24H19F3N2O/c25-24(26,27)30-22-10-2-7-19(15-22)18-6-1-5-17(13-18)14-20-8-4-12-29-23(20)21-9-3-11-28-16-21/h1-3,5-7,9-11,13-16H,4,8,12H2/b20-14+. The minimum absolute atomic E-state index is 0.234. The second kappa shape index (κ2) is 8.53. The van der Waals surface area contributed by atoms with Crippen LogP contribution in [0.1, 0.15) is 24.0 Å². The van der Waals surface area contributed by atoms with Crippen LogP contribution in [0.4, 0.5) is 13.2 Å². The summed E-state index contributed by atoms with van der Waals surface area (Å²) >= 11 is 0. The van der Waals surface area contributed by atoms with Crippen molar-refractivity contribution in [3.63, 3.8) is 0 Å². The quantitative estimate of drug-likeness (QED) is 0.507. The lowest BCUT2D eigenvalue weighted by molar-refractivity contribution is -0.274. The van der Waals surface area contributed by atoms with Gasteiger partial charge in [0, 0.05) is 24.5 Å². The molecule has 1 aliphatic rings. The number of aliphatic imine (C=N–C) groups is 1. The van der Waals surface area contributed by atoms with Gasteiger partial charge in [0.05, 0.1) is 5.71 Å². The lowest BCUT2D eigenvalue weighted by Crippen LogP contribution is -2.17. The Morgan fingerprint density at radius 2 is 1.67 bits per heavy atom. The van der Waals surface area contributed by atoms with E-state index in [-0.39, 0.29) is 5.75 Å². The number of hydrogen-bond donors (Lipinski definition) is 0. The lowest BCUT2D eigenvalue weighted by atomic mass is 9.94. The maximum absolute atomic E-state index is 12.5. The van der Waals surface area contributed by atoms with Crippen molar-refractivity contribution in [2.75, 3.05) is 6.54 Å². The first-order valence-electron chi connectivity index (χ1n) is 9.60. The maximum atomic E-state index is 12.5. The van der Waals surface area contributed by atoms with Crippen molar-refractivity contribution in [1.82, 2.24) is 4.98 Å². The van der Waals surface area contributed by atoms with E-state index in [2.05, 4.69) is 20.8 Å². The lowest BCUT2D eigenvalue weighted by Gasteiger charge is -2.16. The van der Waals surface area contributed by atoms with Crippen molar-refractivity contribution < 1.29 is 17.9 Å². The molecule has 0 atom stereocenters. The van der Waals surface area contributed by atoms with Gasteiger partial charge in [-0.2, -0.15) is 0 Å². The molecule has 0 radical (unpaired) electrons. The zero-order valence-corrected chi connectivity index (χ0v) is 16.1. The third-order valence-corrected chi connectivity index (χ3v) is 4.74. The number of benzene rings is 2. The van der Waals surface area contributed by atoms with Crippen LogP contribution in [0.3, 0.4) is 0 Å². The fraction of sp³-hybridized carbons (Fsp3) is 0.167. The SMILES string of the molecule is FC(F)(F)Oc1cccc(-c2cccc(/C=C3\CCCN=C3c3cccnc3)c2)c1. The smallest absolute Gasteiger partial charge is 0.406 e. The average Bonchev–Trinajstić information content (AvgIpc) is 2.74. The first kappa shape index (κ1) is 19.9. The molecule has 152 valence electrons. The zero-order chi connectivity index (χ0) is 21.0. The van der Waals surface area contributed by atoms with Gasteiger partial charge in [-0.15, -0.1) is 13.2 Å². The molecule has 0 fully saturated rings. The number of nitrogens with zero attached hydrogens (tertiary/aromatic N) is 2. The number of alkyl halides is 3. The molecule has 2 aromatic carbocycles. The summed E-state index contributed by atoms with van der Waals surface area (Å²) in [7, 11) is 0. The first-order valence-corrected chi connectivity index (χ1v) is 9.60. The molecular weight excluding hydrogens is 389 g/mol. The molecule has 1 aromatic heterocycles. The van der Waals surface area contributed by atoms with Crippen molar-refractivity contribution >= 4 is 11.8 Å². The fourth-order valence-corrected chi connectivity index (χ4v) is 3.48. The summed E-state index contributed by atoms with van der Waals surface area (Å²) in [5.41, 5.74) is 5.48. The Morgan fingerprint density at radius 1 is 0.900 bits per heavy atom. The molecule has 3 nitrogen and oxygen atoms in total. The van der Waals surface area contributed by atoms with Crippen LogP contribution in [0.15, 0.2) is 83.6 Å². The molecule has 0 saturated heterocycles. The highest BCUT2D eigenvalue weighted by Crippen LogP contribution is 2.29. The Kier molecular flexibility index (Phi) is 5.65. The Labute approximate surface area is 172 Å². The topological polar surface area (TPSA) is 34.5 Å². The Hall–Kier alpha value is -3.41. The molecule has 2 heterocycles. The highest BCUT2D eigenvalue weighted by molar-refractivity contribution is 6.15. The fourth-order valence-electron chi connectivity index (χ4n) is 3.48. The van der Waals surface area contributed by atoms with E-state index in [4.69, 9.17) is 0 Å². The van der Waals surface area contributed by atoms with Crippen molar-refractivity contribution in [2.24, 2.45) is 4.99 Å². The number of halogens is 3. The molecule has 3 aromatic rings. The molecule has 6 heteroatoms. The van der Waals surface area contributed by atoms with E-state index >= 15 is 0 Å². The van der Waals surface area contributed by atoms with Crippen molar-refractivity contribution in [3.05, 3.63) is 89.8 Å². The van der Waals surface area contributed by atoms with Gasteiger partial charge in [-0.25, -0.2) is 0 Å². The Balaban J connectivity index is 1.65. The van der Waals surface area contributed by atoms with E-state index in [1.807, 2.05) is 36.4 Å². The van der Waals surface area contributed by atoms with Crippen LogP contribution in [0.2, 0.25) is 0 Å². The molecule has 0 amide bonds. The van der Waals surface area contributed by atoms with Gasteiger partial charge in [-0.05, 0) is 71.5 Å². The van der Waals surface area contributed by atoms with Gasteiger partial charge < -0.3 is 4.74 Å². The largest absolute Gasteiger partial charge is 0.573 e. The summed E-state index contributed by atoms with van der Waals surface area (Å²) < 4.78 is 41.6. The van der Waals surface area contributed by atoms with E-state index < -0.39 is 6.36 Å². The van der Waals surface area contributed by atoms with Crippen LogP contribution in [0, 0.1) is 0 Å². The predicted octanol–water partition coefficient (Wildman–Crippen LogP) is 6.31. The summed E-state index contributed by atoms with van der Waals surface area (Å²) in [6.07, 6.45) is 2.80. The van der Waals surface area contributed by atoms with E-state index in [9.17, 15) is 13.2 Å². The molecule has 0 unspecified atom stereocenters. The van der Waals surface area contributed by atoms with Gasteiger partial charge >= 0.3 is 6.36 Å². The van der Waals surface area contributed by atoms with Crippen LogP contribution < -0.4 is 4.74 Å². The highest BCUT2D eigenvalue weighted by Gasteiger charge is 2.31. The molecule has 0 bridgehead atoms. The molecule has 0 spiro atoms. The maximum Gasteiger partial charge on any atom is 0.573 e. The number of aromatic nitrogens is 1. The van der Waals surface area contributed by atoms with E-state index in [0.29, 0.717) is 5.56 Å². The molecule has 4 rings (SSSR count). The number of pyridine rings is 1. The van der Waals surface area contributed by atoms with Crippen molar-refractivity contribution in [1.29, 1.82) is 0 Å².